The molecule has 3 N–H and O–H groups in total. The molecule has 0 aliphatic carbocycles. The molecular formula is C24H29FN4O. The summed E-state index contributed by atoms with van der Waals surface area (Å²) in [6.07, 6.45) is 1.21. The van der Waals surface area contributed by atoms with Crippen LogP contribution >= 0.6 is 0 Å². The van der Waals surface area contributed by atoms with Gasteiger partial charge in [-0.15, -0.1) is 0 Å². The molecule has 1 heterocycles. The lowest BCUT2D eigenvalue weighted by Crippen LogP contribution is -2.42. The second kappa shape index (κ2) is 9.67. The van der Waals surface area contributed by atoms with Crippen LogP contribution < -0.4 is 11.1 Å². The predicted octanol–water partition coefficient (Wildman–Crippen LogP) is 3.58. The van der Waals surface area contributed by atoms with Crippen LogP contribution in [0.2, 0.25) is 0 Å². The lowest BCUT2D eigenvalue weighted by atomic mass is 9.87. The van der Waals surface area contributed by atoms with E-state index in [4.69, 9.17) is 10.7 Å². The monoisotopic (exact) mass is 408 g/mol. The molecule has 3 aromatic rings. The van der Waals surface area contributed by atoms with Crippen LogP contribution in [0.25, 0.3) is 11.3 Å². The zero-order valence-electron chi connectivity index (χ0n) is 17.5. The third-order valence-electron chi connectivity index (χ3n) is 5.08. The first kappa shape index (κ1) is 21.7. The van der Waals surface area contributed by atoms with Crippen LogP contribution in [0.5, 0.6) is 0 Å². The molecule has 0 saturated carbocycles. The molecule has 0 aliphatic rings. The fraction of sp³-hybridized carbons (Fsp3) is 0.333. The topological polar surface area (TPSA) is 72.9 Å². The van der Waals surface area contributed by atoms with Gasteiger partial charge >= 0.3 is 0 Å². The largest absolute Gasteiger partial charge is 0.353 e. The number of hydrogen-bond acceptors (Lipinski definition) is 3. The fourth-order valence-electron chi connectivity index (χ4n) is 3.26. The van der Waals surface area contributed by atoms with Gasteiger partial charge in [0.15, 0.2) is 0 Å². The van der Waals surface area contributed by atoms with E-state index < -0.39 is 11.6 Å². The van der Waals surface area contributed by atoms with Gasteiger partial charge in [-0.05, 0) is 5.56 Å². The summed E-state index contributed by atoms with van der Waals surface area (Å²) in [5.41, 5.74) is 7.60. The van der Waals surface area contributed by atoms with Crippen LogP contribution in [0.3, 0.4) is 0 Å². The second-order valence-corrected chi connectivity index (χ2v) is 8.13. The number of imidazole rings is 1. The van der Waals surface area contributed by atoms with Gasteiger partial charge in [-0.2, -0.15) is 0 Å². The quantitative estimate of drug-likeness (QED) is 0.568. The number of nitrogens with two attached hydrogens (primary N) is 1. The van der Waals surface area contributed by atoms with E-state index in [9.17, 15) is 9.18 Å². The highest BCUT2D eigenvalue weighted by molar-refractivity contribution is 5.82. The van der Waals surface area contributed by atoms with Crippen molar-refractivity contribution in [2.24, 2.45) is 11.1 Å². The molecule has 0 fully saturated rings. The molecule has 0 unspecified atom stereocenters. The molecule has 1 atom stereocenters. The van der Waals surface area contributed by atoms with Crippen molar-refractivity contribution < 1.29 is 9.18 Å². The Labute approximate surface area is 177 Å². The molecule has 0 aliphatic heterocycles. The van der Waals surface area contributed by atoms with Gasteiger partial charge in [-0.25, -0.2) is 9.37 Å². The van der Waals surface area contributed by atoms with Crippen LogP contribution in [-0.4, -0.2) is 34.7 Å². The van der Waals surface area contributed by atoms with E-state index in [2.05, 4.69) is 22.0 Å². The van der Waals surface area contributed by atoms with Gasteiger partial charge in [0.2, 0.25) is 5.91 Å². The van der Waals surface area contributed by atoms with Gasteiger partial charge in [-0.1, -0.05) is 74.5 Å². The molecule has 0 bridgehead atoms. The zero-order chi connectivity index (χ0) is 21.6. The van der Waals surface area contributed by atoms with Crippen molar-refractivity contribution in [3.63, 3.8) is 0 Å². The Kier molecular flexibility index (Phi) is 7.00. The summed E-state index contributed by atoms with van der Waals surface area (Å²) in [4.78, 5) is 17.5. The maximum absolute atomic E-state index is 13.4. The predicted molar refractivity (Wildman–Crippen MR) is 118 cm³/mol. The smallest absolute Gasteiger partial charge is 0.226 e. The Morgan fingerprint density at radius 3 is 2.40 bits per heavy atom. The Bertz CT molecular complexity index is 954. The van der Waals surface area contributed by atoms with Gasteiger partial charge in [0.25, 0.3) is 0 Å². The Balaban J connectivity index is 1.86. The number of aromatic nitrogens is 2. The minimum Gasteiger partial charge on any atom is -0.353 e. The number of alkyl halides is 1. The number of halogens is 1. The first-order valence-corrected chi connectivity index (χ1v) is 10.2. The Morgan fingerprint density at radius 1 is 1.13 bits per heavy atom. The number of benzene rings is 2. The molecule has 5 nitrogen and oxygen atoms in total. The third kappa shape index (κ3) is 5.54. The molecule has 2 aromatic carbocycles. The number of nitrogens with one attached hydrogen (secondary N) is 1. The number of carbonyl (C=O) groups is 1. The van der Waals surface area contributed by atoms with Crippen molar-refractivity contribution in [3.8, 4) is 11.3 Å². The molecule has 158 valence electrons. The minimum absolute atomic E-state index is 0.0769. The molecule has 0 saturated heterocycles. The first-order valence-electron chi connectivity index (χ1n) is 10.2. The SMILES string of the molecule is CC(C)(Cc1nc(-c2ccccc2)cn1Cc1ccccc1)C(=O)NC[C@H](F)CN. The highest BCUT2D eigenvalue weighted by Crippen LogP contribution is 2.26. The number of rotatable bonds is 9. The number of carbonyl (C=O) groups excluding carboxylic acids is 1. The number of amides is 1. The van der Waals surface area contributed by atoms with Crippen LogP contribution in [0.4, 0.5) is 4.39 Å². The first-order chi connectivity index (χ1) is 14.4. The van der Waals surface area contributed by atoms with E-state index in [1.54, 1.807) is 0 Å². The zero-order valence-corrected chi connectivity index (χ0v) is 17.5. The summed E-state index contributed by atoms with van der Waals surface area (Å²) in [6, 6.07) is 20.1. The normalized spacial score (nSPS) is 12.5. The summed E-state index contributed by atoms with van der Waals surface area (Å²) in [5, 5.41) is 2.67. The molecule has 1 aromatic heterocycles. The van der Waals surface area contributed by atoms with E-state index in [0.29, 0.717) is 13.0 Å². The van der Waals surface area contributed by atoms with Gasteiger partial charge in [0.1, 0.15) is 12.0 Å². The average molecular weight is 409 g/mol. The third-order valence-corrected chi connectivity index (χ3v) is 5.08. The molecule has 6 heteroatoms. The van der Waals surface area contributed by atoms with Crippen molar-refractivity contribution in [1.82, 2.24) is 14.9 Å². The van der Waals surface area contributed by atoms with Crippen molar-refractivity contribution >= 4 is 5.91 Å². The molecule has 1 amide bonds. The summed E-state index contributed by atoms with van der Waals surface area (Å²) < 4.78 is 15.5. The van der Waals surface area contributed by atoms with Crippen LogP contribution in [0.15, 0.2) is 66.9 Å². The standard InChI is InChI=1S/C24H29FN4O/c1-24(2,23(30)27-15-20(25)14-26)13-22-28-21(19-11-7-4-8-12-19)17-29(22)16-18-9-5-3-6-10-18/h3-12,17,20H,13-16,26H2,1-2H3,(H,27,30)/t20-/m1/s1. The average Bonchev–Trinajstić information content (AvgIpc) is 3.14. The van der Waals surface area contributed by atoms with Crippen molar-refractivity contribution in [1.29, 1.82) is 0 Å². The number of hydrogen-bond donors (Lipinski definition) is 2. The summed E-state index contributed by atoms with van der Waals surface area (Å²) >= 11 is 0. The van der Waals surface area contributed by atoms with Gasteiger partial charge in [0.05, 0.1) is 17.7 Å². The van der Waals surface area contributed by atoms with Crippen molar-refractivity contribution in [2.75, 3.05) is 13.1 Å². The second-order valence-electron chi connectivity index (χ2n) is 8.13. The minimum atomic E-state index is -1.24. The van der Waals surface area contributed by atoms with Crippen LogP contribution in [0.1, 0.15) is 25.2 Å². The lowest BCUT2D eigenvalue weighted by molar-refractivity contribution is -0.129. The maximum Gasteiger partial charge on any atom is 0.226 e. The van der Waals surface area contributed by atoms with Crippen LogP contribution in [-0.2, 0) is 17.8 Å². The molecule has 0 radical (unpaired) electrons. The Hall–Kier alpha value is -2.99. The molecule has 3 rings (SSSR count). The van der Waals surface area contributed by atoms with Crippen LogP contribution in [0, 0.1) is 5.41 Å². The van der Waals surface area contributed by atoms with E-state index in [1.165, 1.54) is 0 Å². The van der Waals surface area contributed by atoms with Crippen molar-refractivity contribution in [3.05, 3.63) is 78.2 Å². The molecule has 0 spiro atoms. The highest BCUT2D eigenvalue weighted by atomic mass is 19.1. The van der Waals surface area contributed by atoms with E-state index in [0.717, 1.165) is 22.6 Å². The molecule has 30 heavy (non-hydrogen) atoms. The lowest BCUT2D eigenvalue weighted by Gasteiger charge is -2.24. The number of nitrogens with zero attached hydrogens (tertiary/aromatic N) is 2. The van der Waals surface area contributed by atoms with E-state index in [1.807, 2.05) is 68.6 Å². The van der Waals surface area contributed by atoms with Gasteiger partial charge < -0.3 is 15.6 Å². The van der Waals surface area contributed by atoms with Gasteiger partial charge in [-0.3, -0.25) is 4.79 Å². The summed E-state index contributed by atoms with van der Waals surface area (Å²) in [5.74, 6) is 0.600. The van der Waals surface area contributed by atoms with Gasteiger partial charge in [0, 0.05) is 31.3 Å². The highest BCUT2D eigenvalue weighted by Gasteiger charge is 2.30. The summed E-state index contributed by atoms with van der Waals surface area (Å²) in [6.45, 7) is 4.17. The van der Waals surface area contributed by atoms with E-state index >= 15 is 0 Å². The molecular weight excluding hydrogens is 379 g/mol. The fourth-order valence-corrected chi connectivity index (χ4v) is 3.26. The van der Waals surface area contributed by atoms with E-state index in [-0.39, 0.29) is 19.0 Å². The van der Waals surface area contributed by atoms with Crippen molar-refractivity contribution in [2.45, 2.75) is 33.0 Å². The summed E-state index contributed by atoms with van der Waals surface area (Å²) in [7, 11) is 0. The maximum atomic E-state index is 13.4. The Morgan fingerprint density at radius 2 is 1.77 bits per heavy atom.